The number of hydrogen-bond acceptors (Lipinski definition) is 2. The minimum absolute atomic E-state index is 0. The summed E-state index contributed by atoms with van der Waals surface area (Å²) in [7, 11) is 0. The molecule has 0 aliphatic carbocycles. The number of rotatable bonds is 2. The van der Waals surface area contributed by atoms with Crippen molar-refractivity contribution in [3.63, 3.8) is 0 Å². The van der Waals surface area contributed by atoms with E-state index in [-0.39, 0.29) is 29.6 Å². The molecule has 1 saturated heterocycles. The maximum Gasteiger partial charge on any atom is 0.166 e. The Labute approximate surface area is 123 Å². The predicted molar refractivity (Wildman–Crippen MR) is 77.2 cm³/mol. The molecular formula is C12H16Cl3NO2. The largest absolute Gasteiger partial charge is 0.412 e. The third-order valence-electron chi connectivity index (χ3n) is 2.91. The standard InChI is InChI=1S/C12H13Cl2NO.ClH.H2O/c13-10-2-1-9(7-11(10)14)12(16)8-3-5-15-6-4-8;;/h1-2,7-8,15H,3-6H2;1H;1H2. The van der Waals surface area contributed by atoms with Gasteiger partial charge in [-0.05, 0) is 44.1 Å². The molecule has 0 amide bonds. The SMILES string of the molecule is Cl.O.O=C(c1ccc(Cl)c(Cl)c1)C1CCNCC1. The van der Waals surface area contributed by atoms with E-state index in [0.717, 1.165) is 25.9 Å². The molecule has 0 atom stereocenters. The maximum atomic E-state index is 12.1. The zero-order valence-electron chi connectivity index (χ0n) is 9.71. The fraction of sp³-hybridized carbons (Fsp3) is 0.417. The van der Waals surface area contributed by atoms with Gasteiger partial charge in [-0.2, -0.15) is 0 Å². The van der Waals surface area contributed by atoms with Crippen LogP contribution in [0.15, 0.2) is 18.2 Å². The van der Waals surface area contributed by atoms with Crippen molar-refractivity contribution in [2.24, 2.45) is 5.92 Å². The van der Waals surface area contributed by atoms with Gasteiger partial charge < -0.3 is 10.8 Å². The van der Waals surface area contributed by atoms with E-state index in [4.69, 9.17) is 23.2 Å². The van der Waals surface area contributed by atoms with Crippen LogP contribution in [-0.2, 0) is 0 Å². The second-order valence-corrected chi connectivity index (χ2v) is 4.83. The molecule has 0 saturated carbocycles. The van der Waals surface area contributed by atoms with Gasteiger partial charge in [0.1, 0.15) is 0 Å². The molecule has 1 aromatic carbocycles. The summed E-state index contributed by atoms with van der Waals surface area (Å²) < 4.78 is 0. The molecule has 0 bridgehead atoms. The number of carbonyl (C=O) groups excluding carboxylic acids is 1. The molecule has 6 heteroatoms. The molecule has 0 radical (unpaired) electrons. The summed E-state index contributed by atoms with van der Waals surface area (Å²) in [6.45, 7) is 1.83. The Kier molecular flexibility index (Phi) is 7.83. The molecule has 1 aliphatic heterocycles. The molecule has 3 nitrogen and oxygen atoms in total. The van der Waals surface area contributed by atoms with Crippen LogP contribution >= 0.6 is 35.6 Å². The van der Waals surface area contributed by atoms with Gasteiger partial charge >= 0.3 is 0 Å². The number of halogens is 3. The Hall–Kier alpha value is -0.320. The highest BCUT2D eigenvalue weighted by Gasteiger charge is 2.22. The lowest BCUT2D eigenvalue weighted by molar-refractivity contribution is 0.0895. The normalized spacial score (nSPS) is 15.4. The quantitative estimate of drug-likeness (QED) is 0.854. The zero-order valence-corrected chi connectivity index (χ0v) is 12.0. The third kappa shape index (κ3) is 4.11. The average molecular weight is 313 g/mol. The van der Waals surface area contributed by atoms with Gasteiger partial charge in [-0.25, -0.2) is 0 Å². The zero-order chi connectivity index (χ0) is 11.5. The van der Waals surface area contributed by atoms with Crippen LogP contribution in [0.3, 0.4) is 0 Å². The molecule has 0 aromatic heterocycles. The minimum Gasteiger partial charge on any atom is -0.412 e. The topological polar surface area (TPSA) is 60.6 Å². The lowest BCUT2D eigenvalue weighted by Gasteiger charge is -2.21. The van der Waals surface area contributed by atoms with Gasteiger partial charge in [-0.3, -0.25) is 4.79 Å². The van der Waals surface area contributed by atoms with Crippen molar-refractivity contribution < 1.29 is 10.3 Å². The van der Waals surface area contributed by atoms with Crippen LogP contribution < -0.4 is 5.32 Å². The van der Waals surface area contributed by atoms with E-state index < -0.39 is 0 Å². The number of carbonyl (C=O) groups is 1. The molecule has 1 aromatic rings. The first-order valence-electron chi connectivity index (χ1n) is 5.38. The van der Waals surface area contributed by atoms with Crippen LogP contribution in [0.4, 0.5) is 0 Å². The van der Waals surface area contributed by atoms with Crippen molar-refractivity contribution in [2.75, 3.05) is 13.1 Å². The van der Waals surface area contributed by atoms with Crippen molar-refractivity contribution in [3.05, 3.63) is 33.8 Å². The van der Waals surface area contributed by atoms with Gasteiger partial charge in [0.15, 0.2) is 5.78 Å². The predicted octanol–water partition coefficient (Wildman–Crippen LogP) is 2.77. The summed E-state index contributed by atoms with van der Waals surface area (Å²) in [4.78, 5) is 12.1. The van der Waals surface area contributed by atoms with Crippen molar-refractivity contribution in [3.8, 4) is 0 Å². The van der Waals surface area contributed by atoms with Crippen molar-refractivity contribution >= 4 is 41.4 Å². The molecule has 18 heavy (non-hydrogen) atoms. The van der Waals surface area contributed by atoms with Gasteiger partial charge in [-0.15, -0.1) is 12.4 Å². The second kappa shape index (κ2) is 7.97. The van der Waals surface area contributed by atoms with E-state index in [1.807, 2.05) is 0 Å². The summed E-state index contributed by atoms with van der Waals surface area (Å²) >= 11 is 11.7. The van der Waals surface area contributed by atoms with E-state index in [1.165, 1.54) is 0 Å². The Morgan fingerprint density at radius 3 is 2.33 bits per heavy atom. The van der Waals surface area contributed by atoms with Crippen LogP contribution in [-0.4, -0.2) is 24.3 Å². The van der Waals surface area contributed by atoms with Crippen LogP contribution in [0.5, 0.6) is 0 Å². The lowest BCUT2D eigenvalue weighted by Crippen LogP contribution is -2.31. The Morgan fingerprint density at radius 1 is 1.17 bits per heavy atom. The first-order valence-corrected chi connectivity index (χ1v) is 6.14. The van der Waals surface area contributed by atoms with Crippen LogP contribution in [0.25, 0.3) is 0 Å². The van der Waals surface area contributed by atoms with Crippen molar-refractivity contribution in [2.45, 2.75) is 12.8 Å². The monoisotopic (exact) mass is 311 g/mol. The Bertz CT molecular complexity index is 406. The Balaban J connectivity index is 0.00000144. The van der Waals surface area contributed by atoms with Crippen LogP contribution in [0.1, 0.15) is 23.2 Å². The molecule has 0 spiro atoms. The molecule has 2 rings (SSSR count). The highest BCUT2D eigenvalue weighted by atomic mass is 35.5. The molecular weight excluding hydrogens is 296 g/mol. The van der Waals surface area contributed by atoms with Gasteiger partial charge in [0.05, 0.1) is 10.0 Å². The number of hydrogen-bond donors (Lipinski definition) is 1. The molecule has 1 heterocycles. The minimum atomic E-state index is 0. The number of ketones is 1. The van der Waals surface area contributed by atoms with Crippen LogP contribution in [0.2, 0.25) is 10.0 Å². The molecule has 102 valence electrons. The highest BCUT2D eigenvalue weighted by molar-refractivity contribution is 6.42. The molecule has 3 N–H and O–H groups in total. The van der Waals surface area contributed by atoms with Gasteiger partial charge in [0.25, 0.3) is 0 Å². The van der Waals surface area contributed by atoms with Gasteiger partial charge in [0, 0.05) is 11.5 Å². The lowest BCUT2D eigenvalue weighted by atomic mass is 9.90. The first kappa shape index (κ1) is 17.7. The summed E-state index contributed by atoms with van der Waals surface area (Å²) in [5.41, 5.74) is 0.668. The third-order valence-corrected chi connectivity index (χ3v) is 3.65. The van der Waals surface area contributed by atoms with Crippen molar-refractivity contribution in [1.82, 2.24) is 5.32 Å². The van der Waals surface area contributed by atoms with E-state index in [2.05, 4.69) is 5.32 Å². The fourth-order valence-corrected chi connectivity index (χ4v) is 2.27. The van der Waals surface area contributed by atoms with Crippen molar-refractivity contribution in [1.29, 1.82) is 0 Å². The smallest absolute Gasteiger partial charge is 0.166 e. The molecule has 1 fully saturated rings. The summed E-state index contributed by atoms with van der Waals surface area (Å²) in [6, 6.07) is 5.09. The fourth-order valence-electron chi connectivity index (χ4n) is 1.97. The van der Waals surface area contributed by atoms with Gasteiger partial charge in [0.2, 0.25) is 0 Å². The molecule has 0 unspecified atom stereocenters. The van der Waals surface area contributed by atoms with Crippen LogP contribution in [0, 0.1) is 5.92 Å². The second-order valence-electron chi connectivity index (χ2n) is 4.02. The number of piperidine rings is 1. The summed E-state index contributed by atoms with van der Waals surface area (Å²) in [5.74, 6) is 0.304. The molecule has 1 aliphatic rings. The summed E-state index contributed by atoms with van der Waals surface area (Å²) in [5, 5.41) is 4.18. The number of Topliss-reactive ketones (excluding diaryl/α,β-unsaturated/α-hetero) is 1. The van der Waals surface area contributed by atoms with E-state index >= 15 is 0 Å². The highest BCUT2D eigenvalue weighted by Crippen LogP contribution is 2.25. The van der Waals surface area contributed by atoms with Gasteiger partial charge in [-0.1, -0.05) is 23.2 Å². The van der Waals surface area contributed by atoms with E-state index in [1.54, 1.807) is 18.2 Å². The Morgan fingerprint density at radius 2 is 1.78 bits per heavy atom. The average Bonchev–Trinajstić information content (AvgIpc) is 2.33. The van der Waals surface area contributed by atoms with E-state index in [9.17, 15) is 4.79 Å². The summed E-state index contributed by atoms with van der Waals surface area (Å²) in [6.07, 6.45) is 1.80. The first-order chi connectivity index (χ1) is 7.68. The number of nitrogens with one attached hydrogen (secondary N) is 1. The van der Waals surface area contributed by atoms with E-state index in [0.29, 0.717) is 15.6 Å². The number of benzene rings is 1. The maximum absolute atomic E-state index is 12.1.